The molecular formula is C9H14FN2O12P3S. The van der Waals surface area contributed by atoms with E-state index in [1.165, 1.54) is 12.3 Å². The second-order valence-electron chi connectivity index (χ2n) is 5.38. The number of aromatic nitrogens is 2. The van der Waals surface area contributed by atoms with Crippen LogP contribution in [0.25, 0.3) is 0 Å². The second kappa shape index (κ2) is 8.26. The van der Waals surface area contributed by atoms with Crippen LogP contribution in [0.15, 0.2) is 17.1 Å². The molecule has 14 nitrogen and oxygen atoms in total. The SMILES string of the molecule is O=c1[nH]c(=S)ccn1[C@H]1CC[C@@](F)(COP(=O)(O)OP(=O)(O)OP(=O)(O)O)O1. The number of nitrogens with zero attached hydrogens (tertiary/aromatic N) is 1. The molecule has 0 aliphatic carbocycles. The molecule has 2 rings (SSSR count). The zero-order valence-corrected chi connectivity index (χ0v) is 17.0. The monoisotopic (exact) mass is 486 g/mol. The van der Waals surface area contributed by atoms with Gasteiger partial charge in [0.1, 0.15) is 17.5 Å². The van der Waals surface area contributed by atoms with Gasteiger partial charge in [-0.15, -0.1) is 0 Å². The summed E-state index contributed by atoms with van der Waals surface area (Å²) in [5, 5.41) is 0. The lowest BCUT2D eigenvalue weighted by Gasteiger charge is -2.23. The molecule has 1 fully saturated rings. The summed E-state index contributed by atoms with van der Waals surface area (Å²) in [5.41, 5.74) is -0.686. The molecule has 1 aromatic rings. The molecule has 1 aliphatic rings. The van der Waals surface area contributed by atoms with Crippen LogP contribution in [0.1, 0.15) is 19.1 Å². The molecule has 2 heterocycles. The first-order valence-corrected chi connectivity index (χ1v) is 12.0. The van der Waals surface area contributed by atoms with Crippen LogP contribution in [-0.2, 0) is 31.6 Å². The average molecular weight is 486 g/mol. The number of halogens is 1. The minimum Gasteiger partial charge on any atom is -0.320 e. The van der Waals surface area contributed by atoms with E-state index in [0.29, 0.717) is 0 Å². The number of phosphoric ester groups is 1. The first kappa shape index (κ1) is 23.7. The Morgan fingerprint density at radius 2 is 1.93 bits per heavy atom. The molecule has 1 aliphatic heterocycles. The molecule has 4 atom stereocenters. The Bertz CT molecular complexity index is 991. The van der Waals surface area contributed by atoms with Gasteiger partial charge in [-0.3, -0.25) is 14.1 Å². The van der Waals surface area contributed by atoms with Gasteiger partial charge in [0.05, 0.1) is 0 Å². The summed E-state index contributed by atoms with van der Waals surface area (Å²) in [4.78, 5) is 49.3. The molecule has 5 N–H and O–H groups in total. The van der Waals surface area contributed by atoms with Crippen LogP contribution < -0.4 is 5.69 Å². The molecule has 0 spiro atoms. The highest BCUT2D eigenvalue weighted by molar-refractivity contribution is 7.71. The van der Waals surface area contributed by atoms with Crippen LogP contribution >= 0.6 is 35.7 Å². The number of hydrogen-bond donors (Lipinski definition) is 5. The normalized spacial score (nSPS) is 27.2. The predicted octanol–water partition coefficient (Wildman–Crippen LogP) is 1.22. The van der Waals surface area contributed by atoms with Crippen molar-refractivity contribution in [3.63, 3.8) is 0 Å². The highest BCUT2D eigenvalue weighted by Crippen LogP contribution is 2.66. The lowest BCUT2D eigenvalue weighted by molar-refractivity contribution is -0.175. The first-order valence-electron chi connectivity index (χ1n) is 7.06. The number of aromatic amines is 1. The lowest BCUT2D eigenvalue weighted by atomic mass is 10.2. The third-order valence-electron chi connectivity index (χ3n) is 3.13. The maximum Gasteiger partial charge on any atom is 0.490 e. The highest BCUT2D eigenvalue weighted by Gasteiger charge is 2.46. The van der Waals surface area contributed by atoms with Crippen LogP contribution in [0, 0.1) is 4.64 Å². The number of ether oxygens (including phenoxy) is 1. The van der Waals surface area contributed by atoms with Gasteiger partial charge in [0.2, 0.25) is 5.85 Å². The van der Waals surface area contributed by atoms with E-state index in [1.54, 1.807) is 0 Å². The highest BCUT2D eigenvalue weighted by atomic mass is 32.1. The molecule has 0 bridgehead atoms. The average Bonchev–Trinajstić information content (AvgIpc) is 2.84. The minimum atomic E-state index is -5.71. The van der Waals surface area contributed by atoms with Crippen molar-refractivity contribution >= 4 is 35.7 Å². The Kier molecular flexibility index (Phi) is 6.99. The van der Waals surface area contributed by atoms with E-state index in [1.807, 2.05) is 0 Å². The van der Waals surface area contributed by atoms with Gasteiger partial charge in [-0.1, -0.05) is 12.2 Å². The fourth-order valence-electron chi connectivity index (χ4n) is 2.14. The van der Waals surface area contributed by atoms with E-state index in [0.717, 1.165) is 4.57 Å². The van der Waals surface area contributed by atoms with Crippen molar-refractivity contribution in [1.29, 1.82) is 0 Å². The van der Waals surface area contributed by atoms with Gasteiger partial charge < -0.3 is 24.3 Å². The van der Waals surface area contributed by atoms with Gasteiger partial charge in [0.25, 0.3) is 0 Å². The number of H-pyrrole nitrogens is 1. The minimum absolute atomic E-state index is 0.0409. The van der Waals surface area contributed by atoms with E-state index in [4.69, 9.17) is 31.6 Å². The third-order valence-corrected chi connectivity index (χ3v) is 7.15. The largest absolute Gasteiger partial charge is 0.490 e. The van der Waals surface area contributed by atoms with Crippen molar-refractivity contribution in [3.05, 3.63) is 27.4 Å². The lowest BCUT2D eigenvalue weighted by Crippen LogP contribution is -2.31. The second-order valence-corrected chi connectivity index (χ2v) is 10.2. The summed E-state index contributed by atoms with van der Waals surface area (Å²) in [6.45, 7) is -1.27. The molecule has 0 aromatic carbocycles. The van der Waals surface area contributed by atoms with Gasteiger partial charge in [-0.2, -0.15) is 8.62 Å². The topological polar surface area (TPSA) is 207 Å². The van der Waals surface area contributed by atoms with Gasteiger partial charge in [0, 0.05) is 12.6 Å². The summed E-state index contributed by atoms with van der Waals surface area (Å²) >= 11 is 4.76. The van der Waals surface area contributed by atoms with Gasteiger partial charge in [-0.05, 0) is 12.5 Å². The summed E-state index contributed by atoms with van der Waals surface area (Å²) in [6.07, 6.45) is -0.287. The number of phosphoric acid groups is 3. The molecule has 0 amide bonds. The van der Waals surface area contributed by atoms with Crippen molar-refractivity contribution in [2.45, 2.75) is 24.9 Å². The quantitative estimate of drug-likeness (QED) is 0.259. The van der Waals surface area contributed by atoms with E-state index in [2.05, 4.69) is 18.1 Å². The molecule has 19 heteroatoms. The van der Waals surface area contributed by atoms with E-state index < -0.39 is 54.3 Å². The zero-order chi connectivity index (χ0) is 21.4. The maximum absolute atomic E-state index is 14.6. The van der Waals surface area contributed by atoms with Gasteiger partial charge >= 0.3 is 29.2 Å². The first-order chi connectivity index (χ1) is 12.6. The van der Waals surface area contributed by atoms with Crippen molar-refractivity contribution in [2.24, 2.45) is 0 Å². The Balaban J connectivity index is 2.00. The van der Waals surface area contributed by atoms with Crippen LogP contribution in [0.4, 0.5) is 4.39 Å². The van der Waals surface area contributed by atoms with Crippen molar-refractivity contribution in [1.82, 2.24) is 9.55 Å². The maximum atomic E-state index is 14.6. The van der Waals surface area contributed by atoms with E-state index in [9.17, 15) is 27.8 Å². The summed E-state index contributed by atoms with van der Waals surface area (Å²) in [6, 6.07) is 1.35. The summed E-state index contributed by atoms with van der Waals surface area (Å²) in [7, 11) is -16.8. The third kappa shape index (κ3) is 7.02. The number of alkyl halides is 1. The predicted molar refractivity (Wildman–Crippen MR) is 88.9 cm³/mol. The van der Waals surface area contributed by atoms with Crippen molar-refractivity contribution < 1.29 is 55.5 Å². The fourth-order valence-corrected chi connectivity index (χ4v) is 5.34. The fraction of sp³-hybridized carbons (Fsp3) is 0.556. The molecule has 28 heavy (non-hydrogen) atoms. The molecule has 2 unspecified atom stereocenters. The van der Waals surface area contributed by atoms with Crippen LogP contribution in [0.3, 0.4) is 0 Å². The number of hydrogen-bond acceptors (Lipinski definition) is 9. The Labute approximate surface area is 160 Å². The number of nitrogens with one attached hydrogen (secondary N) is 1. The summed E-state index contributed by atoms with van der Waals surface area (Å²) in [5.74, 6) is -2.68. The van der Waals surface area contributed by atoms with Gasteiger partial charge in [-0.25, -0.2) is 22.9 Å². The summed E-state index contributed by atoms with van der Waals surface area (Å²) < 4.78 is 65.3. The smallest absolute Gasteiger partial charge is 0.320 e. The van der Waals surface area contributed by atoms with Gasteiger partial charge in [0.15, 0.2) is 0 Å². The standard InChI is InChI=1S/C9H14FN2O12P3S/c10-9(3-1-7(22-9)12-4-2-6(28)11-8(12)13)5-21-26(17,18)24-27(19,20)23-25(14,15)16/h2,4,7H,1,3,5H2,(H,17,18)(H,19,20)(H,11,13,28)(H2,14,15,16)/t7-,9+/m1/s1. The molecular weight excluding hydrogens is 472 g/mol. The molecule has 0 radical (unpaired) electrons. The number of rotatable bonds is 8. The molecule has 0 saturated carbocycles. The Morgan fingerprint density at radius 3 is 2.50 bits per heavy atom. The Hall–Kier alpha value is -0.600. The van der Waals surface area contributed by atoms with Crippen molar-refractivity contribution in [3.8, 4) is 0 Å². The molecule has 160 valence electrons. The Morgan fingerprint density at radius 1 is 1.29 bits per heavy atom. The zero-order valence-electron chi connectivity index (χ0n) is 13.5. The van der Waals surface area contributed by atoms with E-state index in [-0.39, 0.29) is 11.1 Å². The van der Waals surface area contributed by atoms with Crippen molar-refractivity contribution in [2.75, 3.05) is 6.61 Å². The van der Waals surface area contributed by atoms with Crippen LogP contribution in [0.5, 0.6) is 0 Å². The molecule has 1 saturated heterocycles. The molecule has 1 aromatic heterocycles. The van der Waals surface area contributed by atoms with Crippen LogP contribution in [0.2, 0.25) is 0 Å². The van der Waals surface area contributed by atoms with Crippen LogP contribution in [-0.4, -0.2) is 41.6 Å². The van der Waals surface area contributed by atoms with E-state index >= 15 is 0 Å².